The van der Waals surface area contributed by atoms with E-state index < -0.39 is 5.97 Å². The van der Waals surface area contributed by atoms with Crippen LogP contribution in [0.5, 0.6) is 0 Å². The Morgan fingerprint density at radius 1 is 1.35 bits per heavy atom. The van der Waals surface area contributed by atoms with Gasteiger partial charge >= 0.3 is 5.97 Å². The van der Waals surface area contributed by atoms with Crippen LogP contribution in [0.1, 0.15) is 31.2 Å². The van der Waals surface area contributed by atoms with Crippen LogP contribution >= 0.6 is 11.8 Å². The topological polar surface area (TPSA) is 63.3 Å². The normalized spacial score (nSPS) is 10.4. The molecule has 0 radical (unpaired) electrons. The van der Waals surface area contributed by atoms with E-state index in [1.54, 1.807) is 11.8 Å². The Bertz CT molecular complexity index is 380. The molecule has 0 aliphatic rings. The molecular weight excluding hydrogens is 234 g/mol. The van der Waals surface area contributed by atoms with Gasteiger partial charge in [0.15, 0.2) is 0 Å². The number of anilines is 1. The lowest BCUT2D eigenvalue weighted by Crippen LogP contribution is -1.94. The minimum Gasteiger partial charge on any atom is -0.481 e. The molecule has 0 aliphatic heterocycles. The SMILES string of the molecule is Cc1c(N)cccc1SCCCCCC(=O)O. The second-order valence-electron chi connectivity index (χ2n) is 4.02. The third-order valence-electron chi connectivity index (χ3n) is 2.62. The van der Waals surface area contributed by atoms with Gasteiger partial charge in [0, 0.05) is 17.0 Å². The molecule has 0 fully saturated rings. The van der Waals surface area contributed by atoms with Crippen molar-refractivity contribution in [3.05, 3.63) is 23.8 Å². The number of nitrogens with two attached hydrogens (primary N) is 1. The fraction of sp³-hybridized carbons (Fsp3) is 0.462. The van der Waals surface area contributed by atoms with Gasteiger partial charge in [0.1, 0.15) is 0 Å². The number of thioether (sulfide) groups is 1. The van der Waals surface area contributed by atoms with E-state index >= 15 is 0 Å². The van der Waals surface area contributed by atoms with Gasteiger partial charge in [-0.15, -0.1) is 11.8 Å². The molecule has 0 aromatic heterocycles. The van der Waals surface area contributed by atoms with Crippen molar-refractivity contribution >= 4 is 23.4 Å². The fourth-order valence-corrected chi connectivity index (χ4v) is 2.60. The maximum Gasteiger partial charge on any atom is 0.303 e. The molecular formula is C13H19NO2S. The van der Waals surface area contributed by atoms with Crippen molar-refractivity contribution in [1.82, 2.24) is 0 Å². The largest absolute Gasteiger partial charge is 0.481 e. The molecule has 0 aliphatic carbocycles. The maximum atomic E-state index is 10.3. The summed E-state index contributed by atoms with van der Waals surface area (Å²) in [6.07, 6.45) is 3.07. The fourth-order valence-electron chi connectivity index (χ4n) is 1.52. The molecule has 1 rings (SSSR count). The van der Waals surface area contributed by atoms with E-state index in [9.17, 15) is 4.79 Å². The van der Waals surface area contributed by atoms with Crippen molar-refractivity contribution in [1.29, 1.82) is 0 Å². The van der Waals surface area contributed by atoms with Crippen molar-refractivity contribution in [3.63, 3.8) is 0 Å². The van der Waals surface area contributed by atoms with Crippen molar-refractivity contribution in [2.24, 2.45) is 0 Å². The van der Waals surface area contributed by atoms with Crippen LogP contribution < -0.4 is 5.73 Å². The van der Waals surface area contributed by atoms with Crippen molar-refractivity contribution in [2.45, 2.75) is 37.5 Å². The number of carbonyl (C=O) groups is 1. The van der Waals surface area contributed by atoms with Crippen LogP contribution in [0.15, 0.2) is 23.1 Å². The summed E-state index contributed by atoms with van der Waals surface area (Å²) >= 11 is 1.79. The molecule has 4 heteroatoms. The van der Waals surface area contributed by atoms with Gasteiger partial charge in [0.05, 0.1) is 0 Å². The highest BCUT2D eigenvalue weighted by atomic mass is 32.2. The number of aliphatic carboxylic acids is 1. The molecule has 3 nitrogen and oxygen atoms in total. The summed E-state index contributed by atoms with van der Waals surface area (Å²) in [5.41, 5.74) is 7.80. The summed E-state index contributed by atoms with van der Waals surface area (Å²) in [4.78, 5) is 11.5. The standard InChI is InChI=1S/C13H19NO2S/c1-10-11(14)6-5-7-12(10)17-9-4-2-3-8-13(15)16/h5-7H,2-4,8-9,14H2,1H3,(H,15,16). The summed E-state index contributed by atoms with van der Waals surface area (Å²) in [5.74, 6) is 0.313. The number of nitrogen functional groups attached to an aromatic ring is 1. The summed E-state index contributed by atoms with van der Waals surface area (Å²) in [6, 6.07) is 5.95. The summed E-state index contributed by atoms with van der Waals surface area (Å²) < 4.78 is 0. The van der Waals surface area contributed by atoms with Gasteiger partial charge in [0.2, 0.25) is 0 Å². The van der Waals surface area contributed by atoms with Crippen molar-refractivity contribution < 1.29 is 9.90 Å². The number of carboxylic acids is 1. The Morgan fingerprint density at radius 3 is 2.82 bits per heavy atom. The van der Waals surface area contributed by atoms with Gasteiger partial charge < -0.3 is 10.8 Å². The van der Waals surface area contributed by atoms with E-state index in [1.807, 2.05) is 19.1 Å². The highest BCUT2D eigenvalue weighted by Gasteiger charge is 2.02. The lowest BCUT2D eigenvalue weighted by molar-refractivity contribution is -0.137. The van der Waals surface area contributed by atoms with E-state index in [4.69, 9.17) is 10.8 Å². The second-order valence-corrected chi connectivity index (χ2v) is 5.16. The minimum absolute atomic E-state index is 0.280. The first kappa shape index (κ1) is 13.9. The quantitative estimate of drug-likeness (QED) is 0.444. The van der Waals surface area contributed by atoms with Crippen LogP contribution in [0.25, 0.3) is 0 Å². The van der Waals surface area contributed by atoms with E-state index in [0.717, 1.165) is 36.3 Å². The van der Waals surface area contributed by atoms with E-state index in [-0.39, 0.29) is 6.42 Å². The van der Waals surface area contributed by atoms with Gasteiger partial charge in [-0.3, -0.25) is 4.79 Å². The van der Waals surface area contributed by atoms with Crippen molar-refractivity contribution in [3.8, 4) is 0 Å². The minimum atomic E-state index is -0.704. The number of carboxylic acid groups (broad SMARTS) is 1. The smallest absolute Gasteiger partial charge is 0.303 e. The molecule has 0 heterocycles. The third-order valence-corrected chi connectivity index (χ3v) is 3.86. The Labute approximate surface area is 106 Å². The second kappa shape index (κ2) is 7.22. The molecule has 94 valence electrons. The van der Waals surface area contributed by atoms with Gasteiger partial charge in [-0.25, -0.2) is 0 Å². The van der Waals surface area contributed by atoms with E-state index in [2.05, 4.69) is 6.07 Å². The lowest BCUT2D eigenvalue weighted by atomic mass is 10.2. The van der Waals surface area contributed by atoms with Gasteiger partial charge in [-0.2, -0.15) is 0 Å². The van der Waals surface area contributed by atoms with Crippen LogP contribution in [-0.2, 0) is 4.79 Å². The number of hydrogen-bond donors (Lipinski definition) is 2. The zero-order valence-electron chi connectivity index (χ0n) is 10.1. The monoisotopic (exact) mass is 253 g/mol. The third kappa shape index (κ3) is 5.13. The van der Waals surface area contributed by atoms with Gasteiger partial charge in [-0.1, -0.05) is 12.5 Å². The molecule has 0 saturated heterocycles. The molecule has 0 unspecified atom stereocenters. The van der Waals surface area contributed by atoms with E-state index in [0.29, 0.717) is 0 Å². The Morgan fingerprint density at radius 2 is 2.12 bits per heavy atom. The molecule has 0 amide bonds. The zero-order valence-corrected chi connectivity index (χ0v) is 10.9. The highest BCUT2D eigenvalue weighted by molar-refractivity contribution is 7.99. The first-order chi connectivity index (χ1) is 8.11. The van der Waals surface area contributed by atoms with E-state index in [1.165, 1.54) is 4.90 Å². The number of hydrogen-bond acceptors (Lipinski definition) is 3. The number of unbranched alkanes of at least 4 members (excludes halogenated alkanes) is 2. The average Bonchev–Trinajstić information content (AvgIpc) is 2.28. The molecule has 0 spiro atoms. The molecule has 17 heavy (non-hydrogen) atoms. The zero-order chi connectivity index (χ0) is 12.7. The predicted molar refractivity (Wildman–Crippen MR) is 72.4 cm³/mol. The molecule has 0 saturated carbocycles. The highest BCUT2D eigenvalue weighted by Crippen LogP contribution is 2.26. The maximum absolute atomic E-state index is 10.3. The Hall–Kier alpha value is -1.16. The summed E-state index contributed by atoms with van der Waals surface area (Å²) in [7, 11) is 0. The van der Waals surface area contributed by atoms with Gasteiger partial charge in [0.25, 0.3) is 0 Å². The number of rotatable bonds is 7. The lowest BCUT2D eigenvalue weighted by Gasteiger charge is -2.07. The van der Waals surface area contributed by atoms with Crippen LogP contribution in [0, 0.1) is 6.92 Å². The van der Waals surface area contributed by atoms with Gasteiger partial charge in [-0.05, 0) is 43.2 Å². The summed E-state index contributed by atoms with van der Waals surface area (Å²) in [5, 5.41) is 8.50. The Balaban J connectivity index is 2.22. The van der Waals surface area contributed by atoms with Crippen LogP contribution in [0.3, 0.4) is 0 Å². The van der Waals surface area contributed by atoms with Crippen LogP contribution in [0.4, 0.5) is 5.69 Å². The predicted octanol–water partition coefficient (Wildman–Crippen LogP) is 3.31. The van der Waals surface area contributed by atoms with Crippen LogP contribution in [-0.4, -0.2) is 16.8 Å². The molecule has 0 bridgehead atoms. The average molecular weight is 253 g/mol. The number of benzene rings is 1. The summed E-state index contributed by atoms with van der Waals surface area (Å²) in [6.45, 7) is 2.03. The van der Waals surface area contributed by atoms with Crippen molar-refractivity contribution in [2.75, 3.05) is 11.5 Å². The Kier molecular flexibility index (Phi) is 5.91. The van der Waals surface area contributed by atoms with Crippen LogP contribution in [0.2, 0.25) is 0 Å². The molecule has 0 atom stereocenters. The molecule has 3 N–H and O–H groups in total. The molecule has 1 aromatic rings. The first-order valence-corrected chi connectivity index (χ1v) is 6.79. The molecule has 1 aromatic carbocycles. The first-order valence-electron chi connectivity index (χ1n) is 5.81.